The zero-order chi connectivity index (χ0) is 13.1. The lowest BCUT2D eigenvalue weighted by Gasteiger charge is -2.13. The number of carbonyl (C=O) groups is 3. The van der Waals surface area contributed by atoms with Gasteiger partial charge in [0.1, 0.15) is 0 Å². The molecule has 0 radical (unpaired) electrons. The minimum atomic E-state index is -0.203. The summed E-state index contributed by atoms with van der Waals surface area (Å²) in [5.41, 5.74) is 0. The molecule has 1 saturated heterocycles. The topological polar surface area (TPSA) is 54.5 Å². The Morgan fingerprint density at radius 1 is 1.50 bits per heavy atom. The normalized spacial score (nSPS) is 19.6. The maximum atomic E-state index is 11.7. The molecule has 2 heterocycles. The smallest absolute Gasteiger partial charge is 0.232 e. The molecule has 0 aliphatic carbocycles. The Labute approximate surface area is 110 Å². The minimum Gasteiger partial charge on any atom is -0.293 e. The van der Waals surface area contributed by atoms with Gasteiger partial charge in [0.05, 0.1) is 4.88 Å². The summed E-state index contributed by atoms with van der Waals surface area (Å²) < 4.78 is 0. The van der Waals surface area contributed by atoms with E-state index in [0.29, 0.717) is 25.8 Å². The molecule has 1 aliphatic heterocycles. The third kappa shape index (κ3) is 2.67. The molecule has 5 heteroatoms. The first-order chi connectivity index (χ1) is 8.59. The van der Waals surface area contributed by atoms with Crippen LogP contribution in [-0.4, -0.2) is 29.0 Å². The van der Waals surface area contributed by atoms with Crippen molar-refractivity contribution in [3.8, 4) is 0 Å². The summed E-state index contributed by atoms with van der Waals surface area (Å²) >= 11 is 1.42. The van der Waals surface area contributed by atoms with Crippen molar-refractivity contribution in [2.24, 2.45) is 5.92 Å². The number of hydrogen-bond acceptors (Lipinski definition) is 4. The quantitative estimate of drug-likeness (QED) is 0.605. The molecule has 1 aromatic heterocycles. The number of thiophene rings is 1. The molecule has 96 valence electrons. The molecule has 1 unspecified atom stereocenters. The van der Waals surface area contributed by atoms with E-state index in [2.05, 4.69) is 0 Å². The highest BCUT2D eigenvalue weighted by atomic mass is 32.1. The summed E-state index contributed by atoms with van der Waals surface area (Å²) in [5.74, 6) is -0.345. The Morgan fingerprint density at radius 3 is 2.83 bits per heavy atom. The van der Waals surface area contributed by atoms with Gasteiger partial charge in [0.25, 0.3) is 0 Å². The molecule has 1 aromatic rings. The average Bonchev–Trinajstić information content (AvgIpc) is 2.93. The molecule has 2 rings (SSSR count). The fourth-order valence-corrected chi connectivity index (χ4v) is 2.74. The van der Waals surface area contributed by atoms with Crippen molar-refractivity contribution in [3.63, 3.8) is 0 Å². The second kappa shape index (κ2) is 5.44. The lowest BCUT2D eigenvalue weighted by Crippen LogP contribution is -2.31. The number of likely N-dealkylation sites (tertiary alicyclic amines) is 1. The van der Waals surface area contributed by atoms with Gasteiger partial charge >= 0.3 is 0 Å². The van der Waals surface area contributed by atoms with Gasteiger partial charge in [0.15, 0.2) is 5.78 Å². The van der Waals surface area contributed by atoms with Crippen LogP contribution in [0.2, 0.25) is 0 Å². The molecule has 2 amide bonds. The van der Waals surface area contributed by atoms with E-state index in [4.69, 9.17) is 0 Å². The zero-order valence-electron chi connectivity index (χ0n) is 10.2. The highest BCUT2D eigenvalue weighted by Gasteiger charge is 2.34. The number of imide groups is 1. The third-order valence-electron chi connectivity index (χ3n) is 3.05. The number of hydrogen-bond donors (Lipinski definition) is 0. The molecule has 0 spiro atoms. The maximum Gasteiger partial charge on any atom is 0.232 e. The summed E-state index contributed by atoms with van der Waals surface area (Å²) in [5, 5.41) is 1.86. The van der Waals surface area contributed by atoms with E-state index in [-0.39, 0.29) is 23.5 Å². The Balaban J connectivity index is 1.81. The Hall–Kier alpha value is -1.49. The number of ketones is 1. The van der Waals surface area contributed by atoms with Gasteiger partial charge in [0.2, 0.25) is 11.8 Å². The van der Waals surface area contributed by atoms with Gasteiger partial charge in [-0.25, -0.2) is 0 Å². The van der Waals surface area contributed by atoms with Crippen LogP contribution in [0, 0.1) is 5.92 Å². The predicted octanol–water partition coefficient (Wildman–Crippen LogP) is 2.11. The van der Waals surface area contributed by atoms with Crippen molar-refractivity contribution >= 4 is 28.9 Å². The van der Waals surface area contributed by atoms with Crippen molar-refractivity contribution in [1.29, 1.82) is 0 Å². The molecule has 1 aliphatic rings. The first-order valence-electron chi connectivity index (χ1n) is 6.00. The van der Waals surface area contributed by atoms with Crippen LogP contribution in [0.25, 0.3) is 0 Å². The first-order valence-corrected chi connectivity index (χ1v) is 6.88. The van der Waals surface area contributed by atoms with Crippen LogP contribution in [0.15, 0.2) is 17.5 Å². The third-order valence-corrected chi connectivity index (χ3v) is 3.96. The van der Waals surface area contributed by atoms with Crippen LogP contribution in [0.1, 0.15) is 35.9 Å². The lowest BCUT2D eigenvalue weighted by molar-refractivity contribution is -0.139. The van der Waals surface area contributed by atoms with E-state index in [1.807, 2.05) is 11.4 Å². The molecule has 0 aromatic carbocycles. The maximum absolute atomic E-state index is 11.7. The van der Waals surface area contributed by atoms with E-state index in [9.17, 15) is 14.4 Å². The highest BCUT2D eigenvalue weighted by Crippen LogP contribution is 2.19. The summed E-state index contributed by atoms with van der Waals surface area (Å²) in [6, 6.07) is 3.63. The Kier molecular flexibility index (Phi) is 3.91. The minimum absolute atomic E-state index is 0.0807. The second-order valence-electron chi connectivity index (χ2n) is 4.49. The molecule has 4 nitrogen and oxygen atoms in total. The summed E-state index contributed by atoms with van der Waals surface area (Å²) in [4.78, 5) is 36.9. The first kappa shape index (κ1) is 13.0. The summed E-state index contributed by atoms with van der Waals surface area (Å²) in [7, 11) is 0. The Bertz CT molecular complexity index is 467. The number of rotatable bonds is 5. The number of nitrogens with zero attached hydrogens (tertiary/aromatic N) is 1. The fraction of sp³-hybridized carbons (Fsp3) is 0.462. The SMILES string of the molecule is CC1CC(=O)N(CCCC(=O)c2cccs2)C1=O. The van der Waals surface area contributed by atoms with Crippen LogP contribution in [0.3, 0.4) is 0 Å². The number of Topliss-reactive ketones (excluding diaryl/α,β-unsaturated/α-hetero) is 1. The van der Waals surface area contributed by atoms with Crippen LogP contribution in [0.5, 0.6) is 0 Å². The molecule has 1 fully saturated rings. The second-order valence-corrected chi connectivity index (χ2v) is 5.44. The van der Waals surface area contributed by atoms with Crippen LogP contribution in [0.4, 0.5) is 0 Å². The zero-order valence-corrected chi connectivity index (χ0v) is 11.0. The van der Waals surface area contributed by atoms with Crippen LogP contribution < -0.4 is 0 Å². The van der Waals surface area contributed by atoms with E-state index in [1.54, 1.807) is 13.0 Å². The molecule has 0 saturated carbocycles. The van der Waals surface area contributed by atoms with E-state index in [1.165, 1.54) is 16.2 Å². The standard InChI is InChI=1S/C13H15NO3S/c1-9-8-12(16)14(13(9)17)6-2-4-10(15)11-5-3-7-18-11/h3,5,7,9H,2,4,6,8H2,1H3. The molecule has 0 bridgehead atoms. The van der Waals surface area contributed by atoms with Gasteiger partial charge in [-0.1, -0.05) is 13.0 Å². The summed E-state index contributed by atoms with van der Waals surface area (Å²) in [6.07, 6.45) is 1.23. The van der Waals surface area contributed by atoms with Crippen molar-refractivity contribution in [2.45, 2.75) is 26.2 Å². The lowest BCUT2D eigenvalue weighted by atomic mass is 10.1. The molecule has 0 N–H and O–H groups in total. The Morgan fingerprint density at radius 2 is 2.28 bits per heavy atom. The van der Waals surface area contributed by atoms with Gasteiger partial charge in [-0.2, -0.15) is 0 Å². The van der Waals surface area contributed by atoms with E-state index < -0.39 is 0 Å². The van der Waals surface area contributed by atoms with E-state index in [0.717, 1.165) is 4.88 Å². The number of amides is 2. The van der Waals surface area contributed by atoms with Gasteiger partial charge in [-0.3, -0.25) is 19.3 Å². The highest BCUT2D eigenvalue weighted by molar-refractivity contribution is 7.12. The molecular formula is C13H15NO3S. The van der Waals surface area contributed by atoms with Crippen molar-refractivity contribution in [3.05, 3.63) is 22.4 Å². The number of carbonyl (C=O) groups excluding carboxylic acids is 3. The van der Waals surface area contributed by atoms with Crippen molar-refractivity contribution < 1.29 is 14.4 Å². The summed E-state index contributed by atoms with van der Waals surface area (Å²) in [6.45, 7) is 2.12. The van der Waals surface area contributed by atoms with E-state index >= 15 is 0 Å². The van der Waals surface area contributed by atoms with Gasteiger partial charge in [0, 0.05) is 25.3 Å². The van der Waals surface area contributed by atoms with Crippen molar-refractivity contribution in [1.82, 2.24) is 4.90 Å². The largest absolute Gasteiger partial charge is 0.293 e. The van der Waals surface area contributed by atoms with Crippen LogP contribution >= 0.6 is 11.3 Å². The molecule has 18 heavy (non-hydrogen) atoms. The molecule has 1 atom stereocenters. The predicted molar refractivity (Wildman–Crippen MR) is 68.4 cm³/mol. The van der Waals surface area contributed by atoms with Gasteiger partial charge in [-0.15, -0.1) is 11.3 Å². The fourth-order valence-electron chi connectivity index (χ4n) is 2.04. The van der Waals surface area contributed by atoms with Gasteiger partial charge < -0.3 is 0 Å². The van der Waals surface area contributed by atoms with Crippen molar-refractivity contribution in [2.75, 3.05) is 6.54 Å². The van der Waals surface area contributed by atoms with Crippen LogP contribution in [-0.2, 0) is 9.59 Å². The average molecular weight is 265 g/mol. The van der Waals surface area contributed by atoms with Gasteiger partial charge in [-0.05, 0) is 17.9 Å². The monoisotopic (exact) mass is 265 g/mol. The molecular weight excluding hydrogens is 250 g/mol.